The molecule has 1 N–H and O–H groups in total. The lowest BCUT2D eigenvalue weighted by Gasteiger charge is -2.34. The monoisotopic (exact) mass is 290 g/mol. The Labute approximate surface area is 129 Å². The van der Waals surface area contributed by atoms with Crippen molar-refractivity contribution in [2.24, 2.45) is 5.92 Å². The van der Waals surface area contributed by atoms with E-state index in [1.807, 2.05) is 13.2 Å². The first-order valence-electron chi connectivity index (χ1n) is 8.41. The third-order valence-corrected chi connectivity index (χ3v) is 4.38. The molecular formula is C17H30N4. The van der Waals surface area contributed by atoms with Gasteiger partial charge in [0.2, 0.25) is 0 Å². The lowest BCUT2D eigenvalue weighted by Crippen LogP contribution is -2.35. The summed E-state index contributed by atoms with van der Waals surface area (Å²) in [6.07, 6.45) is 7.33. The molecule has 1 fully saturated rings. The second-order valence-electron chi connectivity index (χ2n) is 6.46. The number of hydrogen-bond donors (Lipinski definition) is 1. The van der Waals surface area contributed by atoms with E-state index in [-0.39, 0.29) is 0 Å². The Morgan fingerprint density at radius 1 is 1.33 bits per heavy atom. The highest BCUT2D eigenvalue weighted by atomic mass is 15.2. The molecule has 1 saturated heterocycles. The smallest absolute Gasteiger partial charge is 0.131 e. The van der Waals surface area contributed by atoms with E-state index in [0.29, 0.717) is 5.92 Å². The van der Waals surface area contributed by atoms with Crippen molar-refractivity contribution in [2.45, 2.75) is 58.9 Å². The maximum atomic E-state index is 4.78. The fourth-order valence-corrected chi connectivity index (χ4v) is 3.14. The molecule has 0 unspecified atom stereocenters. The summed E-state index contributed by atoms with van der Waals surface area (Å²) in [6.45, 7) is 9.68. The van der Waals surface area contributed by atoms with E-state index < -0.39 is 0 Å². The Hall–Kier alpha value is -1.16. The van der Waals surface area contributed by atoms with Crippen molar-refractivity contribution in [1.82, 2.24) is 15.3 Å². The molecule has 1 aromatic heterocycles. The van der Waals surface area contributed by atoms with E-state index in [4.69, 9.17) is 4.98 Å². The van der Waals surface area contributed by atoms with E-state index in [1.165, 1.54) is 31.4 Å². The van der Waals surface area contributed by atoms with Gasteiger partial charge in [-0.1, -0.05) is 33.6 Å². The SMILES string of the molecule is CCCC1CCN(c2cnc(C(C)C)nc2CNC)CC1. The Morgan fingerprint density at radius 3 is 2.62 bits per heavy atom. The van der Waals surface area contributed by atoms with E-state index in [1.54, 1.807) is 0 Å². The van der Waals surface area contributed by atoms with Gasteiger partial charge in [0.25, 0.3) is 0 Å². The largest absolute Gasteiger partial charge is 0.369 e. The normalized spacial score (nSPS) is 16.7. The third kappa shape index (κ3) is 4.16. The molecule has 0 radical (unpaired) electrons. The van der Waals surface area contributed by atoms with Crippen LogP contribution in [0.15, 0.2) is 6.20 Å². The summed E-state index contributed by atoms with van der Waals surface area (Å²) in [6, 6.07) is 0. The summed E-state index contributed by atoms with van der Waals surface area (Å²) >= 11 is 0. The Bertz CT molecular complexity index is 436. The standard InChI is InChI=1S/C17H30N4/c1-5-6-14-7-9-21(10-8-14)16-12-19-17(13(2)3)20-15(16)11-18-4/h12-14,18H,5-11H2,1-4H3. The van der Waals surface area contributed by atoms with Gasteiger partial charge in [0.1, 0.15) is 5.82 Å². The van der Waals surface area contributed by atoms with Crippen molar-refractivity contribution in [3.05, 3.63) is 17.7 Å². The molecule has 1 aliphatic rings. The molecular weight excluding hydrogens is 260 g/mol. The van der Waals surface area contributed by atoms with Gasteiger partial charge >= 0.3 is 0 Å². The van der Waals surface area contributed by atoms with E-state index in [2.05, 4.69) is 36.0 Å². The van der Waals surface area contributed by atoms with Crippen molar-refractivity contribution >= 4 is 5.69 Å². The van der Waals surface area contributed by atoms with Crippen molar-refractivity contribution in [3.8, 4) is 0 Å². The lowest BCUT2D eigenvalue weighted by atomic mass is 9.92. The van der Waals surface area contributed by atoms with Gasteiger partial charge in [0.15, 0.2) is 0 Å². The fourth-order valence-electron chi connectivity index (χ4n) is 3.14. The van der Waals surface area contributed by atoms with E-state index in [0.717, 1.165) is 37.1 Å². The zero-order valence-electron chi connectivity index (χ0n) is 14.0. The number of piperidine rings is 1. The number of rotatable bonds is 6. The number of hydrogen-bond acceptors (Lipinski definition) is 4. The molecule has 2 rings (SSSR count). The minimum absolute atomic E-state index is 0.380. The average molecular weight is 290 g/mol. The first-order valence-corrected chi connectivity index (χ1v) is 8.41. The molecule has 0 atom stereocenters. The summed E-state index contributed by atoms with van der Waals surface area (Å²) in [5.41, 5.74) is 2.37. The quantitative estimate of drug-likeness (QED) is 0.872. The molecule has 0 spiro atoms. The van der Waals surface area contributed by atoms with E-state index >= 15 is 0 Å². The summed E-state index contributed by atoms with van der Waals surface area (Å²) in [4.78, 5) is 11.8. The summed E-state index contributed by atoms with van der Waals surface area (Å²) in [5, 5.41) is 3.24. The average Bonchev–Trinajstić information content (AvgIpc) is 2.49. The van der Waals surface area contributed by atoms with Crippen LogP contribution in [0.25, 0.3) is 0 Å². The first kappa shape index (κ1) is 16.2. The Kier molecular flexibility index (Phi) is 5.97. The van der Waals surface area contributed by atoms with Crippen LogP contribution in [0.5, 0.6) is 0 Å². The van der Waals surface area contributed by atoms with Gasteiger partial charge in [-0.3, -0.25) is 0 Å². The van der Waals surface area contributed by atoms with Crippen LogP contribution >= 0.6 is 0 Å². The lowest BCUT2D eigenvalue weighted by molar-refractivity contribution is 0.377. The molecule has 0 aromatic carbocycles. The highest BCUT2D eigenvalue weighted by Crippen LogP contribution is 2.28. The minimum atomic E-state index is 0.380. The van der Waals surface area contributed by atoms with Gasteiger partial charge in [0, 0.05) is 25.6 Å². The third-order valence-electron chi connectivity index (χ3n) is 4.38. The highest BCUT2D eigenvalue weighted by Gasteiger charge is 2.21. The molecule has 118 valence electrons. The molecule has 1 aromatic rings. The van der Waals surface area contributed by atoms with Crippen LogP contribution in [0.3, 0.4) is 0 Å². The van der Waals surface area contributed by atoms with Crippen molar-refractivity contribution in [1.29, 1.82) is 0 Å². The van der Waals surface area contributed by atoms with Crippen LogP contribution in [0, 0.1) is 5.92 Å². The zero-order chi connectivity index (χ0) is 15.2. The van der Waals surface area contributed by atoms with Crippen LogP contribution in [-0.2, 0) is 6.54 Å². The molecule has 1 aliphatic heterocycles. The predicted molar refractivity (Wildman–Crippen MR) is 88.7 cm³/mol. The maximum absolute atomic E-state index is 4.78. The first-order chi connectivity index (χ1) is 10.2. The number of anilines is 1. The summed E-state index contributed by atoms with van der Waals surface area (Å²) in [7, 11) is 1.98. The van der Waals surface area contributed by atoms with Crippen LogP contribution < -0.4 is 10.2 Å². The van der Waals surface area contributed by atoms with Gasteiger partial charge in [0.05, 0.1) is 17.6 Å². The second kappa shape index (κ2) is 7.74. The van der Waals surface area contributed by atoms with Gasteiger partial charge in [-0.15, -0.1) is 0 Å². The highest BCUT2D eigenvalue weighted by molar-refractivity contribution is 5.49. The topological polar surface area (TPSA) is 41.1 Å². The van der Waals surface area contributed by atoms with Crippen molar-refractivity contribution in [3.63, 3.8) is 0 Å². The molecule has 2 heterocycles. The molecule has 4 heteroatoms. The van der Waals surface area contributed by atoms with Gasteiger partial charge in [-0.05, 0) is 25.8 Å². The van der Waals surface area contributed by atoms with Gasteiger partial charge in [-0.2, -0.15) is 0 Å². The maximum Gasteiger partial charge on any atom is 0.131 e. The van der Waals surface area contributed by atoms with Gasteiger partial charge < -0.3 is 10.2 Å². The summed E-state index contributed by atoms with van der Waals surface area (Å²) in [5.74, 6) is 2.24. The van der Waals surface area contributed by atoms with Crippen molar-refractivity contribution in [2.75, 3.05) is 25.0 Å². The van der Waals surface area contributed by atoms with Crippen molar-refractivity contribution < 1.29 is 0 Å². The predicted octanol–water partition coefficient (Wildman–Crippen LogP) is 3.34. The summed E-state index contributed by atoms with van der Waals surface area (Å²) < 4.78 is 0. The Morgan fingerprint density at radius 2 is 2.05 bits per heavy atom. The second-order valence-corrected chi connectivity index (χ2v) is 6.46. The van der Waals surface area contributed by atoms with E-state index in [9.17, 15) is 0 Å². The van der Waals surface area contributed by atoms with Crippen LogP contribution in [0.2, 0.25) is 0 Å². The molecule has 0 bridgehead atoms. The number of nitrogens with zero attached hydrogens (tertiary/aromatic N) is 3. The molecule has 0 aliphatic carbocycles. The zero-order valence-corrected chi connectivity index (χ0v) is 14.0. The van der Waals surface area contributed by atoms with Crippen LogP contribution in [-0.4, -0.2) is 30.1 Å². The van der Waals surface area contributed by atoms with Gasteiger partial charge in [-0.25, -0.2) is 9.97 Å². The molecule has 0 saturated carbocycles. The molecule has 21 heavy (non-hydrogen) atoms. The minimum Gasteiger partial charge on any atom is -0.369 e. The fraction of sp³-hybridized carbons (Fsp3) is 0.765. The number of aromatic nitrogens is 2. The van der Waals surface area contributed by atoms with Crippen LogP contribution in [0.1, 0.15) is 63.9 Å². The molecule has 0 amide bonds. The molecule has 4 nitrogen and oxygen atoms in total. The Balaban J connectivity index is 2.12. The number of nitrogens with one attached hydrogen (secondary N) is 1. The van der Waals surface area contributed by atoms with Crippen LogP contribution in [0.4, 0.5) is 5.69 Å².